The molecular formula is C16H17F2NO2S. The highest BCUT2D eigenvalue weighted by Gasteiger charge is 2.05. The van der Waals surface area contributed by atoms with Crippen LogP contribution in [0.15, 0.2) is 41.8 Å². The molecule has 0 spiro atoms. The van der Waals surface area contributed by atoms with Gasteiger partial charge in [0.1, 0.15) is 5.75 Å². The van der Waals surface area contributed by atoms with E-state index in [2.05, 4.69) is 10.1 Å². The molecule has 2 aromatic rings. The summed E-state index contributed by atoms with van der Waals surface area (Å²) < 4.78 is 28.3. The molecule has 1 aromatic heterocycles. The summed E-state index contributed by atoms with van der Waals surface area (Å²) in [4.78, 5) is 12.9. The van der Waals surface area contributed by atoms with E-state index in [4.69, 9.17) is 0 Å². The van der Waals surface area contributed by atoms with Crippen molar-refractivity contribution in [2.24, 2.45) is 0 Å². The lowest BCUT2D eigenvalue weighted by Crippen LogP contribution is -2.25. The molecule has 0 unspecified atom stereocenters. The minimum Gasteiger partial charge on any atom is -0.435 e. The predicted molar refractivity (Wildman–Crippen MR) is 82.4 cm³/mol. The Kier molecular flexibility index (Phi) is 6.33. The zero-order valence-corrected chi connectivity index (χ0v) is 12.7. The fourth-order valence-electron chi connectivity index (χ4n) is 1.96. The predicted octanol–water partition coefficient (Wildman–Crippen LogP) is 3.64. The van der Waals surface area contributed by atoms with E-state index in [1.165, 1.54) is 17.0 Å². The number of benzene rings is 1. The van der Waals surface area contributed by atoms with E-state index < -0.39 is 6.61 Å². The molecule has 2 rings (SSSR count). The van der Waals surface area contributed by atoms with Crippen LogP contribution in [-0.2, 0) is 17.6 Å². The lowest BCUT2D eigenvalue weighted by molar-refractivity contribution is -0.121. The van der Waals surface area contributed by atoms with E-state index in [0.29, 0.717) is 19.4 Å². The van der Waals surface area contributed by atoms with Gasteiger partial charge in [0.15, 0.2) is 0 Å². The summed E-state index contributed by atoms with van der Waals surface area (Å²) in [6.45, 7) is -2.29. The first-order valence-corrected chi connectivity index (χ1v) is 7.84. The van der Waals surface area contributed by atoms with Gasteiger partial charge in [0.25, 0.3) is 0 Å². The highest BCUT2D eigenvalue weighted by molar-refractivity contribution is 7.09. The van der Waals surface area contributed by atoms with E-state index in [1.54, 1.807) is 23.5 Å². The monoisotopic (exact) mass is 325 g/mol. The molecule has 0 atom stereocenters. The maximum absolute atomic E-state index is 12.0. The number of nitrogens with one attached hydrogen (secondary N) is 1. The summed E-state index contributed by atoms with van der Waals surface area (Å²) in [5.41, 5.74) is 0.958. The Balaban J connectivity index is 1.66. The number of alkyl halides is 2. The Morgan fingerprint density at radius 3 is 2.59 bits per heavy atom. The van der Waals surface area contributed by atoms with E-state index in [9.17, 15) is 13.6 Å². The zero-order chi connectivity index (χ0) is 15.8. The van der Waals surface area contributed by atoms with Crippen molar-refractivity contribution < 1.29 is 18.3 Å². The number of amides is 1. The van der Waals surface area contributed by atoms with Crippen molar-refractivity contribution in [2.45, 2.75) is 25.9 Å². The smallest absolute Gasteiger partial charge is 0.387 e. The van der Waals surface area contributed by atoms with Crippen molar-refractivity contribution in [3.8, 4) is 5.75 Å². The molecule has 0 fully saturated rings. The second kappa shape index (κ2) is 8.48. The van der Waals surface area contributed by atoms with E-state index >= 15 is 0 Å². The lowest BCUT2D eigenvalue weighted by atomic mass is 10.1. The van der Waals surface area contributed by atoms with Crippen LogP contribution in [0.1, 0.15) is 16.9 Å². The number of halogens is 2. The number of ether oxygens (including phenoxy) is 1. The van der Waals surface area contributed by atoms with Gasteiger partial charge in [-0.2, -0.15) is 8.78 Å². The second-order valence-corrected chi connectivity index (χ2v) is 5.73. The molecule has 1 aromatic carbocycles. The Morgan fingerprint density at radius 1 is 1.18 bits per heavy atom. The number of rotatable bonds is 8. The van der Waals surface area contributed by atoms with Crippen molar-refractivity contribution in [2.75, 3.05) is 6.54 Å². The van der Waals surface area contributed by atoms with Crippen molar-refractivity contribution in [1.82, 2.24) is 5.32 Å². The van der Waals surface area contributed by atoms with Gasteiger partial charge in [-0.1, -0.05) is 18.2 Å². The summed E-state index contributed by atoms with van der Waals surface area (Å²) in [6, 6.07) is 10.4. The van der Waals surface area contributed by atoms with Gasteiger partial charge in [-0.15, -0.1) is 11.3 Å². The number of hydrogen-bond acceptors (Lipinski definition) is 3. The molecule has 0 aliphatic heterocycles. The third-order valence-corrected chi connectivity index (χ3v) is 4.00. The summed E-state index contributed by atoms with van der Waals surface area (Å²) in [6.07, 6.45) is 1.88. The molecule has 0 aliphatic rings. The Bertz CT molecular complexity index is 570. The van der Waals surface area contributed by atoms with Gasteiger partial charge in [-0.05, 0) is 42.0 Å². The standard InChI is InChI=1S/C16H17F2NO2S/c17-16(18)21-13-5-3-12(4-6-13)9-10-19-15(20)8-7-14-2-1-11-22-14/h1-6,11,16H,7-10H2,(H,19,20). The van der Waals surface area contributed by atoms with Gasteiger partial charge in [-0.3, -0.25) is 4.79 Å². The summed E-state index contributed by atoms with van der Waals surface area (Å²) in [7, 11) is 0. The first-order chi connectivity index (χ1) is 10.6. The Labute approximate surface area is 131 Å². The van der Waals surface area contributed by atoms with Crippen LogP contribution in [0, 0.1) is 0 Å². The molecule has 22 heavy (non-hydrogen) atoms. The molecule has 0 bridgehead atoms. The second-order valence-electron chi connectivity index (χ2n) is 4.70. The van der Waals surface area contributed by atoms with Crippen LogP contribution >= 0.6 is 11.3 Å². The first kappa shape index (κ1) is 16.4. The van der Waals surface area contributed by atoms with Gasteiger partial charge in [0.2, 0.25) is 5.91 Å². The van der Waals surface area contributed by atoms with Crippen molar-refractivity contribution in [3.63, 3.8) is 0 Å². The average Bonchev–Trinajstić information content (AvgIpc) is 3.00. The molecule has 3 nitrogen and oxygen atoms in total. The molecule has 1 amide bonds. The highest BCUT2D eigenvalue weighted by Crippen LogP contribution is 2.15. The van der Waals surface area contributed by atoms with Crippen LogP contribution < -0.4 is 10.1 Å². The van der Waals surface area contributed by atoms with Gasteiger partial charge in [-0.25, -0.2) is 0 Å². The molecule has 0 saturated carbocycles. The quantitative estimate of drug-likeness (QED) is 0.805. The lowest BCUT2D eigenvalue weighted by Gasteiger charge is -2.07. The fourth-order valence-corrected chi connectivity index (χ4v) is 2.67. The molecule has 0 saturated heterocycles. The largest absolute Gasteiger partial charge is 0.435 e. The van der Waals surface area contributed by atoms with Gasteiger partial charge in [0.05, 0.1) is 0 Å². The number of hydrogen-bond donors (Lipinski definition) is 1. The van der Waals surface area contributed by atoms with Crippen molar-refractivity contribution >= 4 is 17.2 Å². The fraction of sp³-hybridized carbons (Fsp3) is 0.312. The van der Waals surface area contributed by atoms with E-state index in [-0.39, 0.29) is 11.7 Å². The molecule has 0 radical (unpaired) electrons. The Morgan fingerprint density at radius 2 is 1.95 bits per heavy atom. The van der Waals surface area contributed by atoms with Crippen LogP contribution in [0.3, 0.4) is 0 Å². The summed E-state index contributed by atoms with van der Waals surface area (Å²) in [5.74, 6) is 0.157. The van der Waals surface area contributed by atoms with E-state index in [1.807, 2.05) is 17.5 Å². The van der Waals surface area contributed by atoms with Crippen LogP contribution in [0.2, 0.25) is 0 Å². The van der Waals surface area contributed by atoms with Crippen molar-refractivity contribution in [3.05, 3.63) is 52.2 Å². The third kappa shape index (κ3) is 5.81. The maximum Gasteiger partial charge on any atom is 0.387 e. The normalized spacial score (nSPS) is 10.7. The average molecular weight is 325 g/mol. The molecular weight excluding hydrogens is 308 g/mol. The van der Waals surface area contributed by atoms with Crippen LogP contribution in [0.4, 0.5) is 8.78 Å². The molecule has 118 valence electrons. The molecule has 1 heterocycles. The zero-order valence-electron chi connectivity index (χ0n) is 11.9. The highest BCUT2D eigenvalue weighted by atomic mass is 32.1. The van der Waals surface area contributed by atoms with Crippen molar-refractivity contribution in [1.29, 1.82) is 0 Å². The van der Waals surface area contributed by atoms with Crippen LogP contribution in [0.25, 0.3) is 0 Å². The number of carbonyl (C=O) groups excluding carboxylic acids is 1. The van der Waals surface area contributed by atoms with E-state index in [0.717, 1.165) is 12.0 Å². The van der Waals surface area contributed by atoms with Gasteiger partial charge >= 0.3 is 6.61 Å². The van der Waals surface area contributed by atoms with Crippen LogP contribution in [0.5, 0.6) is 5.75 Å². The Hall–Kier alpha value is -1.95. The summed E-state index contributed by atoms with van der Waals surface area (Å²) >= 11 is 1.65. The minimum absolute atomic E-state index is 0.0195. The third-order valence-electron chi connectivity index (χ3n) is 3.06. The number of carbonyl (C=O) groups is 1. The maximum atomic E-state index is 12.0. The van der Waals surface area contributed by atoms with Gasteiger partial charge in [0, 0.05) is 17.8 Å². The molecule has 1 N–H and O–H groups in total. The van der Waals surface area contributed by atoms with Gasteiger partial charge < -0.3 is 10.1 Å². The first-order valence-electron chi connectivity index (χ1n) is 6.96. The number of aryl methyl sites for hydroxylation is 1. The molecule has 0 aliphatic carbocycles. The topological polar surface area (TPSA) is 38.3 Å². The minimum atomic E-state index is -2.81. The summed E-state index contributed by atoms with van der Waals surface area (Å²) in [5, 5.41) is 4.85. The number of thiophene rings is 1. The SMILES string of the molecule is O=C(CCc1cccs1)NCCc1ccc(OC(F)F)cc1. The molecule has 6 heteroatoms. The van der Waals surface area contributed by atoms with Crippen LogP contribution in [-0.4, -0.2) is 19.1 Å².